The van der Waals surface area contributed by atoms with Gasteiger partial charge in [-0.3, -0.25) is 4.79 Å². The van der Waals surface area contributed by atoms with E-state index in [2.05, 4.69) is 33.4 Å². The predicted molar refractivity (Wildman–Crippen MR) is 60.2 cm³/mol. The van der Waals surface area contributed by atoms with Gasteiger partial charge in [0.25, 0.3) is 0 Å². The molecule has 0 fully saturated rings. The summed E-state index contributed by atoms with van der Waals surface area (Å²) >= 11 is 4.05. The van der Waals surface area contributed by atoms with Gasteiger partial charge in [-0.05, 0) is 25.0 Å². The Morgan fingerprint density at radius 3 is 2.31 bits per heavy atom. The largest absolute Gasteiger partial charge is 0.343 e. The van der Waals surface area contributed by atoms with Gasteiger partial charge in [-0.15, -0.1) is 0 Å². The van der Waals surface area contributed by atoms with Crippen LogP contribution in [0.3, 0.4) is 0 Å². The minimum absolute atomic E-state index is 0.197. The number of carbonyl (C=O) groups is 1. The lowest BCUT2D eigenvalue weighted by molar-refractivity contribution is -0.131. The number of rotatable bonds is 5. The van der Waals surface area contributed by atoms with Gasteiger partial charge in [-0.2, -0.15) is 12.6 Å². The smallest absolute Gasteiger partial charge is 0.223 e. The Hall–Kier alpha value is -0.180. The van der Waals surface area contributed by atoms with Gasteiger partial charge in [0, 0.05) is 19.5 Å². The first-order chi connectivity index (χ1) is 5.99. The topological polar surface area (TPSA) is 20.3 Å². The van der Waals surface area contributed by atoms with Crippen molar-refractivity contribution < 1.29 is 4.79 Å². The Bertz CT molecular complexity index is 159. The number of carbonyl (C=O) groups excluding carboxylic acids is 1. The van der Waals surface area contributed by atoms with Gasteiger partial charge < -0.3 is 4.90 Å². The Kier molecular flexibility index (Phi) is 6.21. The molecule has 0 aliphatic carbocycles. The molecule has 0 saturated heterocycles. The van der Waals surface area contributed by atoms with Gasteiger partial charge in [-0.25, -0.2) is 0 Å². The van der Waals surface area contributed by atoms with E-state index in [1.807, 2.05) is 11.9 Å². The SMILES string of the molecule is CC(C)CC(C)N(C)C(=O)CCS. The summed E-state index contributed by atoms with van der Waals surface area (Å²) in [6.45, 7) is 6.44. The summed E-state index contributed by atoms with van der Waals surface area (Å²) in [6.07, 6.45) is 1.61. The molecule has 1 atom stereocenters. The van der Waals surface area contributed by atoms with Gasteiger partial charge in [0.15, 0.2) is 0 Å². The standard InChI is InChI=1S/C10H21NOS/c1-8(2)7-9(3)11(4)10(12)5-6-13/h8-9,13H,5-7H2,1-4H3. The molecule has 0 heterocycles. The van der Waals surface area contributed by atoms with Crippen LogP contribution in [-0.2, 0) is 4.79 Å². The van der Waals surface area contributed by atoms with Crippen LogP contribution in [0.2, 0.25) is 0 Å². The van der Waals surface area contributed by atoms with E-state index in [4.69, 9.17) is 0 Å². The van der Waals surface area contributed by atoms with Gasteiger partial charge in [0.1, 0.15) is 0 Å². The van der Waals surface area contributed by atoms with Crippen LogP contribution in [0.5, 0.6) is 0 Å². The summed E-state index contributed by atoms with van der Waals surface area (Å²) in [4.78, 5) is 13.3. The zero-order chi connectivity index (χ0) is 10.4. The first-order valence-corrected chi connectivity index (χ1v) is 5.48. The second-order valence-electron chi connectivity index (χ2n) is 3.96. The molecule has 78 valence electrons. The third kappa shape index (κ3) is 5.19. The highest BCUT2D eigenvalue weighted by atomic mass is 32.1. The van der Waals surface area contributed by atoms with Crippen LogP contribution in [0.15, 0.2) is 0 Å². The van der Waals surface area contributed by atoms with E-state index < -0.39 is 0 Å². The van der Waals surface area contributed by atoms with Crippen LogP contribution >= 0.6 is 12.6 Å². The van der Waals surface area contributed by atoms with E-state index in [1.54, 1.807) is 0 Å². The van der Waals surface area contributed by atoms with E-state index in [9.17, 15) is 4.79 Å². The van der Waals surface area contributed by atoms with Crippen molar-refractivity contribution in [3.05, 3.63) is 0 Å². The quantitative estimate of drug-likeness (QED) is 0.679. The van der Waals surface area contributed by atoms with Gasteiger partial charge in [-0.1, -0.05) is 13.8 Å². The molecule has 0 N–H and O–H groups in total. The zero-order valence-corrected chi connectivity index (χ0v) is 9.97. The molecule has 0 aromatic heterocycles. The molecule has 0 spiro atoms. The van der Waals surface area contributed by atoms with Gasteiger partial charge in [0.2, 0.25) is 5.91 Å². The molecular formula is C10H21NOS. The summed E-state index contributed by atoms with van der Waals surface area (Å²) < 4.78 is 0. The van der Waals surface area contributed by atoms with Gasteiger partial charge in [0.05, 0.1) is 0 Å². The first kappa shape index (κ1) is 12.8. The second kappa shape index (κ2) is 6.30. The van der Waals surface area contributed by atoms with Crippen molar-refractivity contribution in [2.45, 2.75) is 39.7 Å². The van der Waals surface area contributed by atoms with Crippen LogP contribution in [0, 0.1) is 5.92 Å². The molecule has 0 aliphatic rings. The van der Waals surface area contributed by atoms with Crippen molar-refractivity contribution >= 4 is 18.5 Å². The summed E-state index contributed by atoms with van der Waals surface area (Å²) in [5.74, 6) is 1.47. The van der Waals surface area contributed by atoms with E-state index in [0.29, 0.717) is 24.1 Å². The van der Waals surface area contributed by atoms with Crippen molar-refractivity contribution in [2.24, 2.45) is 5.92 Å². The highest BCUT2D eigenvalue weighted by Gasteiger charge is 2.15. The third-order valence-electron chi connectivity index (χ3n) is 2.19. The van der Waals surface area contributed by atoms with Crippen LogP contribution in [0.1, 0.15) is 33.6 Å². The van der Waals surface area contributed by atoms with Crippen molar-refractivity contribution in [1.82, 2.24) is 4.90 Å². The summed E-state index contributed by atoms with van der Waals surface area (Å²) in [6, 6.07) is 0.340. The Labute approximate surface area is 87.1 Å². The number of hydrogen-bond acceptors (Lipinski definition) is 2. The Morgan fingerprint density at radius 1 is 1.38 bits per heavy atom. The fourth-order valence-electron chi connectivity index (χ4n) is 1.36. The lowest BCUT2D eigenvalue weighted by Gasteiger charge is -2.26. The summed E-state index contributed by atoms with van der Waals surface area (Å²) in [7, 11) is 1.87. The molecule has 1 amide bonds. The Balaban J connectivity index is 3.93. The number of thiol groups is 1. The van der Waals surface area contributed by atoms with Crippen molar-refractivity contribution in [2.75, 3.05) is 12.8 Å². The molecule has 0 rings (SSSR count). The highest BCUT2D eigenvalue weighted by Crippen LogP contribution is 2.10. The van der Waals surface area contributed by atoms with E-state index >= 15 is 0 Å². The molecule has 0 saturated carbocycles. The molecule has 2 nitrogen and oxygen atoms in total. The fraction of sp³-hybridized carbons (Fsp3) is 0.900. The number of nitrogens with zero attached hydrogens (tertiary/aromatic N) is 1. The van der Waals surface area contributed by atoms with E-state index in [0.717, 1.165) is 6.42 Å². The maximum Gasteiger partial charge on any atom is 0.223 e. The Morgan fingerprint density at radius 2 is 1.92 bits per heavy atom. The minimum atomic E-state index is 0.197. The highest BCUT2D eigenvalue weighted by molar-refractivity contribution is 7.80. The molecule has 0 aromatic rings. The van der Waals surface area contributed by atoms with Crippen LogP contribution in [0.25, 0.3) is 0 Å². The molecule has 0 bridgehead atoms. The normalized spacial score (nSPS) is 13.1. The summed E-state index contributed by atoms with van der Waals surface area (Å²) in [5.41, 5.74) is 0. The average molecular weight is 203 g/mol. The van der Waals surface area contributed by atoms with E-state index in [1.165, 1.54) is 0 Å². The molecule has 0 aliphatic heterocycles. The van der Waals surface area contributed by atoms with Crippen molar-refractivity contribution in [3.8, 4) is 0 Å². The molecule has 0 radical (unpaired) electrons. The maximum absolute atomic E-state index is 11.4. The minimum Gasteiger partial charge on any atom is -0.343 e. The average Bonchev–Trinajstić information content (AvgIpc) is 2.02. The predicted octanol–water partition coefficient (Wildman–Crippen LogP) is 2.20. The lowest BCUT2D eigenvalue weighted by atomic mass is 10.0. The van der Waals surface area contributed by atoms with Crippen molar-refractivity contribution in [3.63, 3.8) is 0 Å². The molecule has 13 heavy (non-hydrogen) atoms. The van der Waals surface area contributed by atoms with E-state index in [-0.39, 0.29) is 5.91 Å². The molecule has 1 unspecified atom stereocenters. The fourth-order valence-corrected chi connectivity index (χ4v) is 1.55. The third-order valence-corrected chi connectivity index (χ3v) is 2.42. The first-order valence-electron chi connectivity index (χ1n) is 4.85. The number of hydrogen-bond donors (Lipinski definition) is 1. The lowest BCUT2D eigenvalue weighted by Crippen LogP contribution is -2.35. The maximum atomic E-state index is 11.4. The van der Waals surface area contributed by atoms with Crippen LogP contribution in [-0.4, -0.2) is 29.6 Å². The zero-order valence-electron chi connectivity index (χ0n) is 9.08. The second-order valence-corrected chi connectivity index (χ2v) is 4.40. The van der Waals surface area contributed by atoms with Gasteiger partial charge >= 0.3 is 0 Å². The molecule has 3 heteroatoms. The molecule has 0 aromatic carbocycles. The monoisotopic (exact) mass is 203 g/mol. The van der Waals surface area contributed by atoms with Crippen LogP contribution < -0.4 is 0 Å². The van der Waals surface area contributed by atoms with Crippen LogP contribution in [0.4, 0.5) is 0 Å². The molecular weight excluding hydrogens is 182 g/mol. The summed E-state index contributed by atoms with van der Waals surface area (Å²) in [5, 5.41) is 0. The van der Waals surface area contributed by atoms with Crippen molar-refractivity contribution in [1.29, 1.82) is 0 Å². The number of amides is 1.